The summed E-state index contributed by atoms with van der Waals surface area (Å²) < 4.78 is 5.06. The van der Waals surface area contributed by atoms with Crippen LogP contribution in [0.3, 0.4) is 0 Å². The van der Waals surface area contributed by atoms with Crippen LogP contribution in [0.2, 0.25) is 10.0 Å². The number of amides is 1. The van der Waals surface area contributed by atoms with Gasteiger partial charge in [-0.25, -0.2) is 0 Å². The molecule has 1 aromatic carbocycles. The summed E-state index contributed by atoms with van der Waals surface area (Å²) in [6.07, 6.45) is -0.920. The van der Waals surface area contributed by atoms with Gasteiger partial charge in [-0.15, -0.1) is 0 Å². The SMILES string of the molecule is CC(C)c1cc(C(=O)NCC(O)c2cc(Cl)cc(Cl)c2)no1. The van der Waals surface area contributed by atoms with Crippen molar-refractivity contribution in [2.24, 2.45) is 0 Å². The highest BCUT2D eigenvalue weighted by molar-refractivity contribution is 6.34. The largest absolute Gasteiger partial charge is 0.387 e. The molecule has 7 heteroatoms. The van der Waals surface area contributed by atoms with Crippen LogP contribution in [0, 0.1) is 0 Å². The molecule has 0 bridgehead atoms. The first-order valence-electron chi connectivity index (χ1n) is 6.75. The van der Waals surface area contributed by atoms with Crippen molar-refractivity contribution in [2.75, 3.05) is 6.54 Å². The molecule has 0 radical (unpaired) electrons. The highest BCUT2D eigenvalue weighted by Crippen LogP contribution is 2.23. The van der Waals surface area contributed by atoms with Crippen LogP contribution in [0.25, 0.3) is 0 Å². The lowest BCUT2D eigenvalue weighted by Gasteiger charge is -2.12. The molecule has 2 aromatic rings. The zero-order valence-corrected chi connectivity index (χ0v) is 13.6. The van der Waals surface area contributed by atoms with Gasteiger partial charge in [-0.3, -0.25) is 4.79 Å². The van der Waals surface area contributed by atoms with Crippen LogP contribution in [0.4, 0.5) is 0 Å². The molecule has 2 rings (SSSR count). The van der Waals surface area contributed by atoms with Gasteiger partial charge >= 0.3 is 0 Å². The molecule has 1 heterocycles. The molecule has 1 unspecified atom stereocenters. The number of halogens is 2. The predicted octanol–water partition coefficient (Wildman–Crippen LogP) is 3.57. The minimum Gasteiger partial charge on any atom is -0.387 e. The molecule has 0 aliphatic carbocycles. The van der Waals surface area contributed by atoms with E-state index in [1.807, 2.05) is 13.8 Å². The summed E-state index contributed by atoms with van der Waals surface area (Å²) in [4.78, 5) is 12.0. The van der Waals surface area contributed by atoms with Gasteiger partial charge in [0, 0.05) is 28.6 Å². The molecule has 0 saturated heterocycles. The van der Waals surface area contributed by atoms with E-state index in [-0.39, 0.29) is 18.2 Å². The van der Waals surface area contributed by atoms with Crippen molar-refractivity contribution in [3.63, 3.8) is 0 Å². The summed E-state index contributed by atoms with van der Waals surface area (Å²) in [7, 11) is 0. The van der Waals surface area contributed by atoms with Crippen LogP contribution >= 0.6 is 23.2 Å². The number of nitrogens with zero attached hydrogens (tertiary/aromatic N) is 1. The molecular formula is C15H16Cl2N2O3. The van der Waals surface area contributed by atoms with Crippen molar-refractivity contribution in [1.82, 2.24) is 10.5 Å². The molecule has 22 heavy (non-hydrogen) atoms. The van der Waals surface area contributed by atoms with Gasteiger partial charge in [-0.05, 0) is 23.8 Å². The van der Waals surface area contributed by atoms with Crippen LogP contribution in [-0.4, -0.2) is 22.7 Å². The Labute approximate surface area is 138 Å². The maximum absolute atomic E-state index is 12.0. The van der Waals surface area contributed by atoms with Crippen LogP contribution in [0.5, 0.6) is 0 Å². The Kier molecular flexibility index (Phi) is 5.45. The minimum absolute atomic E-state index is 0.0133. The van der Waals surface area contributed by atoms with Crippen molar-refractivity contribution in [3.8, 4) is 0 Å². The number of aromatic nitrogens is 1. The quantitative estimate of drug-likeness (QED) is 0.870. The van der Waals surface area contributed by atoms with Gasteiger partial charge in [-0.1, -0.05) is 42.2 Å². The summed E-state index contributed by atoms with van der Waals surface area (Å²) in [6.45, 7) is 3.89. The predicted molar refractivity (Wildman–Crippen MR) is 84.3 cm³/mol. The van der Waals surface area contributed by atoms with E-state index < -0.39 is 12.0 Å². The highest BCUT2D eigenvalue weighted by Gasteiger charge is 2.16. The molecule has 0 fully saturated rings. The van der Waals surface area contributed by atoms with E-state index in [4.69, 9.17) is 27.7 Å². The van der Waals surface area contributed by atoms with E-state index in [1.165, 1.54) is 0 Å². The molecule has 0 spiro atoms. The fourth-order valence-electron chi connectivity index (χ4n) is 1.83. The molecule has 0 aliphatic rings. The molecule has 1 atom stereocenters. The Hall–Kier alpha value is -1.56. The number of rotatable bonds is 5. The lowest BCUT2D eigenvalue weighted by molar-refractivity contribution is 0.0907. The van der Waals surface area contributed by atoms with Crippen LogP contribution < -0.4 is 5.32 Å². The van der Waals surface area contributed by atoms with Gasteiger partial charge in [0.1, 0.15) is 5.76 Å². The summed E-state index contributed by atoms with van der Waals surface area (Å²) >= 11 is 11.8. The molecule has 1 amide bonds. The number of carbonyl (C=O) groups excluding carboxylic acids is 1. The smallest absolute Gasteiger partial charge is 0.273 e. The van der Waals surface area contributed by atoms with E-state index in [2.05, 4.69) is 10.5 Å². The topological polar surface area (TPSA) is 75.4 Å². The van der Waals surface area contributed by atoms with Crippen LogP contribution in [0.15, 0.2) is 28.8 Å². The first-order valence-corrected chi connectivity index (χ1v) is 7.51. The summed E-state index contributed by atoms with van der Waals surface area (Å²) in [5.41, 5.74) is 0.709. The van der Waals surface area contributed by atoms with E-state index in [0.717, 1.165) is 0 Å². The number of aliphatic hydroxyl groups is 1. The van der Waals surface area contributed by atoms with Crippen molar-refractivity contribution >= 4 is 29.1 Å². The molecule has 5 nitrogen and oxygen atoms in total. The second-order valence-corrected chi connectivity index (χ2v) is 6.07. The maximum atomic E-state index is 12.0. The molecule has 118 valence electrons. The second kappa shape index (κ2) is 7.13. The third-order valence-corrected chi connectivity index (χ3v) is 3.49. The van der Waals surface area contributed by atoms with E-state index in [1.54, 1.807) is 24.3 Å². The molecule has 0 aliphatic heterocycles. The molecular weight excluding hydrogens is 327 g/mol. The Balaban J connectivity index is 1.97. The number of hydrogen-bond acceptors (Lipinski definition) is 4. The lowest BCUT2D eigenvalue weighted by atomic mass is 10.1. The minimum atomic E-state index is -0.920. The number of carbonyl (C=O) groups is 1. The average Bonchev–Trinajstić information content (AvgIpc) is 2.93. The van der Waals surface area contributed by atoms with Crippen molar-refractivity contribution in [1.29, 1.82) is 0 Å². The van der Waals surface area contributed by atoms with Gasteiger partial charge in [0.25, 0.3) is 5.91 Å². The van der Waals surface area contributed by atoms with Gasteiger partial charge < -0.3 is 14.9 Å². The third-order valence-electron chi connectivity index (χ3n) is 3.06. The van der Waals surface area contributed by atoms with E-state index in [9.17, 15) is 9.90 Å². The van der Waals surface area contributed by atoms with Gasteiger partial charge in [0.05, 0.1) is 6.10 Å². The third kappa shape index (κ3) is 4.22. The van der Waals surface area contributed by atoms with Crippen LogP contribution in [0.1, 0.15) is 47.7 Å². The molecule has 2 N–H and O–H groups in total. The fourth-order valence-corrected chi connectivity index (χ4v) is 2.38. The summed E-state index contributed by atoms with van der Waals surface area (Å²) in [5.74, 6) is 0.364. The number of aliphatic hydroxyl groups excluding tert-OH is 1. The summed E-state index contributed by atoms with van der Waals surface area (Å²) in [5, 5.41) is 17.2. The molecule has 0 saturated carbocycles. The molecule has 1 aromatic heterocycles. The second-order valence-electron chi connectivity index (χ2n) is 5.20. The number of nitrogens with one attached hydrogen (secondary N) is 1. The average molecular weight is 343 g/mol. The van der Waals surface area contributed by atoms with Crippen molar-refractivity contribution < 1.29 is 14.4 Å². The normalized spacial score (nSPS) is 12.5. The van der Waals surface area contributed by atoms with Gasteiger partial charge in [0.2, 0.25) is 0 Å². The van der Waals surface area contributed by atoms with E-state index in [0.29, 0.717) is 21.4 Å². The highest BCUT2D eigenvalue weighted by atomic mass is 35.5. The number of benzene rings is 1. The zero-order valence-electron chi connectivity index (χ0n) is 12.1. The Morgan fingerprint density at radius 1 is 1.27 bits per heavy atom. The Morgan fingerprint density at radius 3 is 2.45 bits per heavy atom. The first kappa shape index (κ1) is 16.8. The Morgan fingerprint density at radius 2 is 1.91 bits per heavy atom. The fraction of sp³-hybridized carbons (Fsp3) is 0.333. The summed E-state index contributed by atoms with van der Waals surface area (Å²) in [6, 6.07) is 6.35. The number of hydrogen-bond donors (Lipinski definition) is 2. The van der Waals surface area contributed by atoms with Gasteiger partial charge in [0.15, 0.2) is 5.69 Å². The zero-order chi connectivity index (χ0) is 16.3. The first-order chi connectivity index (χ1) is 10.4. The monoisotopic (exact) mass is 342 g/mol. The Bertz CT molecular complexity index is 650. The van der Waals surface area contributed by atoms with Crippen LogP contribution in [-0.2, 0) is 0 Å². The van der Waals surface area contributed by atoms with E-state index >= 15 is 0 Å². The van der Waals surface area contributed by atoms with Gasteiger partial charge in [-0.2, -0.15) is 0 Å². The van der Waals surface area contributed by atoms with Crippen molar-refractivity contribution in [2.45, 2.75) is 25.9 Å². The lowest BCUT2D eigenvalue weighted by Crippen LogP contribution is -2.28. The standard InChI is InChI=1S/C15H16Cl2N2O3/c1-8(2)14-6-12(19-22-14)15(21)18-7-13(20)9-3-10(16)5-11(17)4-9/h3-6,8,13,20H,7H2,1-2H3,(H,18,21). The van der Waals surface area contributed by atoms with Crippen molar-refractivity contribution in [3.05, 3.63) is 51.3 Å². The maximum Gasteiger partial charge on any atom is 0.273 e.